The largest absolute Gasteiger partial charge is 0.757 e. The van der Waals surface area contributed by atoms with Crippen molar-refractivity contribution in [1.82, 2.24) is 5.10 Å². The van der Waals surface area contributed by atoms with Gasteiger partial charge in [-0.3, -0.25) is 0 Å². The molecule has 0 saturated heterocycles. The van der Waals surface area contributed by atoms with E-state index in [1.807, 2.05) is 37.1 Å². The molecule has 1 heterocycles. The van der Waals surface area contributed by atoms with E-state index in [1.165, 1.54) is 4.68 Å². The van der Waals surface area contributed by atoms with Crippen LogP contribution in [-0.2, 0) is 9.53 Å². The van der Waals surface area contributed by atoms with Crippen molar-refractivity contribution in [2.75, 3.05) is 6.61 Å². The SMILES string of the molecule is CCOC(=O)C(=C=[N-])[n+]1cc2ccccc2c(C)n1. The van der Waals surface area contributed by atoms with Gasteiger partial charge in [0.2, 0.25) is 6.20 Å². The van der Waals surface area contributed by atoms with Crippen LogP contribution in [0.25, 0.3) is 21.9 Å². The summed E-state index contributed by atoms with van der Waals surface area (Å²) >= 11 is 0. The van der Waals surface area contributed by atoms with Crippen LogP contribution >= 0.6 is 0 Å². The van der Waals surface area contributed by atoms with Crippen molar-refractivity contribution >= 4 is 28.3 Å². The van der Waals surface area contributed by atoms with Crippen LogP contribution in [0, 0.1) is 6.92 Å². The minimum atomic E-state index is -0.669. The first-order valence-electron chi connectivity index (χ1n) is 5.90. The average molecular weight is 255 g/mol. The summed E-state index contributed by atoms with van der Waals surface area (Å²) in [6.07, 6.45) is 1.65. The smallest absolute Gasteiger partial charge is 0.413 e. The summed E-state index contributed by atoms with van der Waals surface area (Å²) in [4.78, 5) is 11.7. The number of aromatic nitrogens is 2. The molecule has 0 aliphatic rings. The van der Waals surface area contributed by atoms with Gasteiger partial charge in [-0.15, -0.1) is 0 Å². The van der Waals surface area contributed by atoms with E-state index in [-0.39, 0.29) is 12.3 Å². The number of nitrogens with zero attached hydrogens (tertiary/aromatic N) is 3. The fourth-order valence-electron chi connectivity index (χ4n) is 1.82. The third-order valence-electron chi connectivity index (χ3n) is 2.67. The number of hydrogen-bond acceptors (Lipinski definition) is 3. The number of esters is 1. The van der Waals surface area contributed by atoms with E-state index in [9.17, 15) is 4.79 Å². The molecule has 0 aliphatic heterocycles. The highest BCUT2D eigenvalue weighted by Gasteiger charge is 2.22. The number of hydrogen-bond donors (Lipinski definition) is 0. The van der Waals surface area contributed by atoms with Gasteiger partial charge in [-0.2, -0.15) is 5.87 Å². The quantitative estimate of drug-likeness (QED) is 0.361. The van der Waals surface area contributed by atoms with Crippen molar-refractivity contribution in [1.29, 1.82) is 0 Å². The van der Waals surface area contributed by atoms with Gasteiger partial charge in [0.05, 0.1) is 12.0 Å². The summed E-state index contributed by atoms with van der Waals surface area (Å²) in [5.74, 6) is 1.17. The van der Waals surface area contributed by atoms with Crippen LogP contribution in [0.2, 0.25) is 0 Å². The van der Waals surface area contributed by atoms with E-state index in [0.717, 1.165) is 16.5 Å². The molecule has 0 N–H and O–H groups in total. The Kier molecular flexibility index (Phi) is 3.68. The molecule has 0 fully saturated rings. The Morgan fingerprint density at radius 3 is 2.89 bits per heavy atom. The topological polar surface area (TPSA) is 65.4 Å². The van der Waals surface area contributed by atoms with Crippen LogP contribution in [0.3, 0.4) is 0 Å². The predicted molar refractivity (Wildman–Crippen MR) is 71.4 cm³/mol. The molecule has 0 unspecified atom stereocenters. The Morgan fingerprint density at radius 1 is 1.47 bits per heavy atom. The van der Waals surface area contributed by atoms with Gasteiger partial charge in [0.15, 0.2) is 0 Å². The molecule has 96 valence electrons. The monoisotopic (exact) mass is 255 g/mol. The summed E-state index contributed by atoms with van der Waals surface area (Å²) in [6.45, 7) is 3.74. The standard InChI is InChI=1S/C14H13N3O2/c1-3-19-14(18)13(8-15)17-9-11-6-4-5-7-12(11)10(2)16-17/h4-7,9H,3H2,1-2H3. The van der Waals surface area contributed by atoms with E-state index >= 15 is 0 Å². The van der Waals surface area contributed by atoms with Gasteiger partial charge in [-0.25, -0.2) is 4.79 Å². The van der Waals surface area contributed by atoms with Gasteiger partial charge < -0.3 is 10.1 Å². The normalized spacial score (nSPS) is 10.0. The first-order valence-corrected chi connectivity index (χ1v) is 5.90. The molecule has 0 amide bonds. The molecule has 0 atom stereocenters. The molecule has 0 aliphatic carbocycles. The Labute approximate surface area is 110 Å². The van der Waals surface area contributed by atoms with E-state index in [4.69, 9.17) is 10.1 Å². The van der Waals surface area contributed by atoms with Crippen molar-refractivity contribution in [2.45, 2.75) is 13.8 Å². The highest BCUT2D eigenvalue weighted by Crippen LogP contribution is 2.13. The van der Waals surface area contributed by atoms with E-state index in [2.05, 4.69) is 5.10 Å². The molecule has 0 radical (unpaired) electrons. The summed E-state index contributed by atoms with van der Waals surface area (Å²) in [7, 11) is 0. The number of carbonyl (C=O) groups excluding carboxylic acids is 1. The lowest BCUT2D eigenvalue weighted by molar-refractivity contribution is -0.641. The zero-order valence-electron chi connectivity index (χ0n) is 10.8. The third-order valence-corrected chi connectivity index (χ3v) is 2.67. The molecule has 19 heavy (non-hydrogen) atoms. The second-order valence-electron chi connectivity index (χ2n) is 3.93. The predicted octanol–water partition coefficient (Wildman–Crippen LogP) is 1.47. The Balaban J connectivity index is 2.56. The van der Waals surface area contributed by atoms with Crippen LogP contribution < -0.4 is 4.68 Å². The van der Waals surface area contributed by atoms with Crippen molar-refractivity contribution in [3.63, 3.8) is 0 Å². The molecule has 2 aromatic rings. The van der Waals surface area contributed by atoms with Gasteiger partial charge in [-0.05, 0) is 24.6 Å². The van der Waals surface area contributed by atoms with Crippen LogP contribution in [-0.4, -0.2) is 23.5 Å². The second-order valence-corrected chi connectivity index (χ2v) is 3.93. The number of rotatable bonds is 3. The van der Waals surface area contributed by atoms with E-state index < -0.39 is 5.97 Å². The molecule has 0 bridgehead atoms. The maximum atomic E-state index is 11.7. The van der Waals surface area contributed by atoms with E-state index in [1.54, 1.807) is 13.1 Å². The maximum Gasteiger partial charge on any atom is 0.413 e. The van der Waals surface area contributed by atoms with Crippen LogP contribution in [0.4, 0.5) is 0 Å². The molecular weight excluding hydrogens is 242 g/mol. The van der Waals surface area contributed by atoms with Gasteiger partial charge in [0, 0.05) is 10.5 Å². The second kappa shape index (κ2) is 5.42. The lowest BCUT2D eigenvalue weighted by Gasteiger charge is -2.02. The number of aryl methyl sites for hydroxylation is 1. The lowest BCUT2D eigenvalue weighted by atomic mass is 10.1. The molecule has 0 spiro atoms. The zero-order valence-corrected chi connectivity index (χ0v) is 10.8. The minimum Gasteiger partial charge on any atom is -0.757 e. The summed E-state index contributed by atoms with van der Waals surface area (Å²) in [5, 5.41) is 15.2. The number of benzene rings is 1. The van der Waals surface area contributed by atoms with Gasteiger partial charge in [-0.1, -0.05) is 18.2 Å². The number of carbonyl (C=O) groups is 1. The van der Waals surface area contributed by atoms with Crippen LogP contribution in [0.15, 0.2) is 30.5 Å². The Hall–Kier alpha value is -2.52. The van der Waals surface area contributed by atoms with Crippen molar-refractivity contribution < 1.29 is 14.2 Å². The highest BCUT2D eigenvalue weighted by atomic mass is 16.5. The zero-order chi connectivity index (χ0) is 13.8. The van der Waals surface area contributed by atoms with Gasteiger partial charge >= 0.3 is 11.7 Å². The number of fused-ring (bicyclic) bond motifs is 1. The minimum absolute atomic E-state index is 0.143. The third kappa shape index (κ3) is 2.51. The van der Waals surface area contributed by atoms with Crippen molar-refractivity contribution in [2.24, 2.45) is 0 Å². The van der Waals surface area contributed by atoms with Gasteiger partial charge in [0.1, 0.15) is 5.69 Å². The van der Waals surface area contributed by atoms with E-state index in [0.29, 0.717) is 0 Å². The molecule has 1 aromatic carbocycles. The van der Waals surface area contributed by atoms with Crippen molar-refractivity contribution in [3.8, 4) is 0 Å². The van der Waals surface area contributed by atoms with Crippen LogP contribution in [0.5, 0.6) is 0 Å². The van der Waals surface area contributed by atoms with Gasteiger partial charge in [0.25, 0.3) is 0 Å². The van der Waals surface area contributed by atoms with Crippen LogP contribution in [0.1, 0.15) is 12.6 Å². The molecule has 1 aromatic heterocycles. The molecule has 5 nitrogen and oxygen atoms in total. The summed E-state index contributed by atoms with van der Waals surface area (Å²) in [5.41, 5.74) is 0.603. The van der Waals surface area contributed by atoms with Crippen molar-refractivity contribution in [3.05, 3.63) is 41.6 Å². The fraction of sp³-hybridized carbons (Fsp3) is 0.214. The average Bonchev–Trinajstić information content (AvgIpc) is 2.40. The molecule has 2 rings (SSSR count). The first-order chi connectivity index (χ1) is 9.17. The number of ether oxygens (including phenoxy) is 1. The molecule has 5 heteroatoms. The lowest BCUT2D eigenvalue weighted by Crippen LogP contribution is -2.41. The highest BCUT2D eigenvalue weighted by molar-refractivity contribution is 6.16. The molecular formula is C14H13N3O2. The Morgan fingerprint density at radius 2 is 2.21 bits per heavy atom. The molecule has 0 saturated carbocycles. The maximum absolute atomic E-state index is 11.7. The fourth-order valence-corrected chi connectivity index (χ4v) is 1.82. The summed E-state index contributed by atoms with van der Waals surface area (Å²) in [6, 6.07) is 7.66. The first kappa shape index (κ1) is 12.9. The summed E-state index contributed by atoms with van der Waals surface area (Å²) < 4.78 is 6.12. The Bertz CT molecular complexity index is 688.